The van der Waals surface area contributed by atoms with E-state index in [0.29, 0.717) is 5.01 Å². The molecule has 2 aromatic rings. The number of H-pyrrole nitrogens is 2. The molecule has 2 rings (SSSR count). The maximum Gasteiger partial charge on any atom is 0.345 e. The van der Waals surface area contributed by atoms with Crippen LogP contribution in [0.1, 0.15) is 0 Å². The van der Waals surface area contributed by atoms with E-state index in [2.05, 4.69) is 46.6 Å². The number of hydrogen-bond donors (Lipinski definition) is 4. The minimum absolute atomic E-state index is 0.0149. The van der Waals surface area contributed by atoms with Crippen molar-refractivity contribution >= 4 is 17.9 Å². The Morgan fingerprint density at radius 3 is 2.60 bits per heavy atom. The average molecular weight is 211 g/mol. The summed E-state index contributed by atoms with van der Waals surface area (Å²) in [6, 6.07) is -0.724. The van der Waals surface area contributed by atoms with Crippen LogP contribution in [0.15, 0.2) is 0 Å². The third-order valence-electron chi connectivity index (χ3n) is 1.33. The van der Waals surface area contributed by atoms with E-state index < -0.39 is 6.03 Å². The van der Waals surface area contributed by atoms with E-state index in [9.17, 15) is 4.79 Å². The van der Waals surface area contributed by atoms with Crippen molar-refractivity contribution in [1.29, 1.82) is 0 Å². The van der Waals surface area contributed by atoms with Gasteiger partial charge in [-0.15, -0.1) is 10.2 Å². The number of rotatable bonds is 2. The topological polar surface area (TPSA) is 167 Å². The van der Waals surface area contributed by atoms with Crippen molar-refractivity contribution in [2.45, 2.75) is 0 Å². The van der Waals surface area contributed by atoms with Crippen LogP contribution in [0.25, 0.3) is 0 Å². The second-order valence-electron chi connectivity index (χ2n) is 2.25. The Balaban J connectivity index is 2.03. The standard InChI is InChI=1S/C3H5N11O/c4-14(2-8-12-13-9-2)3(15)5-1-6-10-11-7-1/h4H2,(H,8,9,12,13)(H2,5,6,7,10,11,15). The first-order valence-electron chi connectivity index (χ1n) is 3.60. The van der Waals surface area contributed by atoms with Crippen molar-refractivity contribution in [2.75, 3.05) is 10.3 Å². The van der Waals surface area contributed by atoms with Crippen molar-refractivity contribution in [1.82, 2.24) is 41.2 Å². The summed E-state index contributed by atoms with van der Waals surface area (Å²) in [5, 5.41) is 27.6. The Morgan fingerprint density at radius 1 is 1.27 bits per heavy atom. The third kappa shape index (κ3) is 1.83. The summed E-state index contributed by atoms with van der Waals surface area (Å²) >= 11 is 0. The zero-order valence-corrected chi connectivity index (χ0v) is 7.12. The van der Waals surface area contributed by atoms with E-state index in [1.54, 1.807) is 0 Å². The first-order chi connectivity index (χ1) is 7.27. The molecule has 0 aromatic carbocycles. The molecular weight excluding hydrogens is 206 g/mol. The Hall–Kier alpha value is -2.63. The van der Waals surface area contributed by atoms with Gasteiger partial charge in [0, 0.05) is 0 Å². The molecule has 12 nitrogen and oxygen atoms in total. The highest BCUT2D eigenvalue weighted by atomic mass is 16.2. The fourth-order valence-corrected chi connectivity index (χ4v) is 0.720. The van der Waals surface area contributed by atoms with Gasteiger partial charge in [-0.2, -0.15) is 15.4 Å². The number of urea groups is 1. The van der Waals surface area contributed by atoms with Crippen LogP contribution in [0.4, 0.5) is 16.7 Å². The molecule has 0 spiro atoms. The van der Waals surface area contributed by atoms with Gasteiger partial charge in [0.1, 0.15) is 0 Å². The molecule has 2 aromatic heterocycles. The molecule has 0 aliphatic heterocycles. The summed E-state index contributed by atoms with van der Waals surface area (Å²) in [4.78, 5) is 11.4. The van der Waals surface area contributed by atoms with Crippen LogP contribution < -0.4 is 16.2 Å². The number of nitrogens with one attached hydrogen (secondary N) is 3. The molecule has 78 valence electrons. The number of amides is 2. The molecule has 0 aliphatic rings. The molecule has 0 bridgehead atoms. The summed E-state index contributed by atoms with van der Waals surface area (Å²) in [6.07, 6.45) is 0. The Labute approximate surface area is 81.2 Å². The van der Waals surface area contributed by atoms with Gasteiger partial charge >= 0.3 is 6.03 Å². The molecule has 12 heteroatoms. The van der Waals surface area contributed by atoms with E-state index in [1.807, 2.05) is 0 Å². The van der Waals surface area contributed by atoms with E-state index >= 15 is 0 Å². The lowest BCUT2D eigenvalue weighted by molar-refractivity contribution is 0.256. The number of anilines is 2. The predicted molar refractivity (Wildman–Crippen MR) is 44.0 cm³/mol. The highest BCUT2D eigenvalue weighted by Gasteiger charge is 2.16. The Kier molecular flexibility index (Phi) is 2.16. The van der Waals surface area contributed by atoms with E-state index in [1.165, 1.54) is 0 Å². The van der Waals surface area contributed by atoms with Gasteiger partial charge in [0.15, 0.2) is 0 Å². The van der Waals surface area contributed by atoms with Crippen molar-refractivity contribution in [3.63, 3.8) is 0 Å². The normalized spacial score (nSPS) is 9.93. The zero-order chi connectivity index (χ0) is 10.7. The van der Waals surface area contributed by atoms with E-state index in [-0.39, 0.29) is 11.9 Å². The maximum atomic E-state index is 11.4. The molecule has 0 aliphatic carbocycles. The molecule has 5 N–H and O–H groups in total. The predicted octanol–water partition coefficient (Wildman–Crippen LogP) is -2.38. The number of nitrogens with zero attached hydrogens (tertiary/aromatic N) is 7. The number of aromatic amines is 2. The molecule has 15 heavy (non-hydrogen) atoms. The summed E-state index contributed by atoms with van der Waals surface area (Å²) in [5.41, 5.74) is 0. The van der Waals surface area contributed by atoms with Crippen LogP contribution in [0.5, 0.6) is 0 Å². The first-order valence-corrected chi connectivity index (χ1v) is 3.60. The number of hydrazine groups is 1. The van der Waals surface area contributed by atoms with Crippen molar-refractivity contribution in [2.24, 2.45) is 5.84 Å². The lowest BCUT2D eigenvalue weighted by atomic mass is 10.8. The van der Waals surface area contributed by atoms with Gasteiger partial charge in [0.05, 0.1) is 0 Å². The second kappa shape index (κ2) is 3.62. The number of nitrogens with two attached hydrogens (primary N) is 1. The Bertz CT molecular complexity index is 417. The molecule has 0 atom stereocenters. The first kappa shape index (κ1) is 8.95. The summed E-state index contributed by atoms with van der Waals surface area (Å²) in [7, 11) is 0. The zero-order valence-electron chi connectivity index (χ0n) is 7.12. The smallest absolute Gasteiger partial charge is 0.272 e. The van der Waals surface area contributed by atoms with Gasteiger partial charge in [-0.3, -0.25) is 5.32 Å². The van der Waals surface area contributed by atoms with Crippen LogP contribution in [-0.2, 0) is 0 Å². The minimum Gasteiger partial charge on any atom is -0.272 e. The number of hydrogen-bond acceptors (Lipinski definition) is 8. The van der Waals surface area contributed by atoms with Gasteiger partial charge in [-0.05, 0) is 10.4 Å². The van der Waals surface area contributed by atoms with Gasteiger partial charge in [-0.25, -0.2) is 10.6 Å². The minimum atomic E-state index is -0.724. The SMILES string of the molecule is NN(C(=O)Nc1nn[nH]n1)c1nn[nH]n1. The van der Waals surface area contributed by atoms with Crippen LogP contribution in [0, 0.1) is 0 Å². The largest absolute Gasteiger partial charge is 0.345 e. The van der Waals surface area contributed by atoms with Gasteiger partial charge in [0.25, 0.3) is 11.9 Å². The maximum absolute atomic E-state index is 11.4. The lowest BCUT2D eigenvalue weighted by Gasteiger charge is -2.09. The van der Waals surface area contributed by atoms with Gasteiger partial charge in [-0.1, -0.05) is 10.2 Å². The van der Waals surface area contributed by atoms with Crippen LogP contribution in [-0.4, -0.2) is 47.3 Å². The van der Waals surface area contributed by atoms with Crippen molar-refractivity contribution in [3.8, 4) is 0 Å². The highest BCUT2D eigenvalue weighted by molar-refractivity contribution is 5.98. The monoisotopic (exact) mass is 211 g/mol. The molecule has 0 saturated heterocycles. The number of aromatic nitrogens is 8. The second-order valence-corrected chi connectivity index (χ2v) is 2.25. The highest BCUT2D eigenvalue weighted by Crippen LogP contribution is 2.00. The quantitative estimate of drug-likeness (QED) is 0.242. The average Bonchev–Trinajstić information content (AvgIpc) is 2.88. The fraction of sp³-hybridized carbons (Fsp3) is 0. The molecule has 0 unspecified atom stereocenters. The molecule has 0 fully saturated rings. The van der Waals surface area contributed by atoms with Crippen molar-refractivity contribution in [3.05, 3.63) is 0 Å². The fourth-order valence-electron chi connectivity index (χ4n) is 0.720. The molecule has 0 radical (unpaired) electrons. The molecular formula is C3H5N11O. The molecule has 2 heterocycles. The molecule has 2 amide bonds. The van der Waals surface area contributed by atoms with Gasteiger partial charge < -0.3 is 0 Å². The third-order valence-corrected chi connectivity index (χ3v) is 1.33. The number of carbonyl (C=O) groups excluding carboxylic acids is 1. The molecule has 0 saturated carbocycles. The summed E-state index contributed by atoms with van der Waals surface area (Å²) in [6.45, 7) is 0. The number of tetrazole rings is 2. The lowest BCUT2D eigenvalue weighted by Crippen LogP contribution is -2.41. The van der Waals surface area contributed by atoms with Crippen LogP contribution >= 0.6 is 0 Å². The summed E-state index contributed by atoms with van der Waals surface area (Å²) in [5.74, 6) is 5.25. The summed E-state index contributed by atoms with van der Waals surface area (Å²) < 4.78 is 0. The van der Waals surface area contributed by atoms with Crippen LogP contribution in [0.3, 0.4) is 0 Å². The van der Waals surface area contributed by atoms with E-state index in [4.69, 9.17) is 5.84 Å². The number of carbonyl (C=O) groups is 1. The van der Waals surface area contributed by atoms with E-state index in [0.717, 1.165) is 0 Å². The Morgan fingerprint density at radius 2 is 2.00 bits per heavy atom. The van der Waals surface area contributed by atoms with Crippen molar-refractivity contribution < 1.29 is 4.79 Å². The van der Waals surface area contributed by atoms with Crippen LogP contribution in [0.2, 0.25) is 0 Å². The van der Waals surface area contributed by atoms with Gasteiger partial charge in [0.2, 0.25) is 0 Å².